The molecule has 2 heterocycles. The number of halogens is 1. The lowest BCUT2D eigenvalue weighted by Crippen LogP contribution is -2.43. The average Bonchev–Trinajstić information content (AvgIpc) is 3.47. The molecule has 2 aromatic rings. The molecule has 0 bridgehead atoms. The number of carbonyl (C=O) groups is 2. The molecule has 4 atom stereocenters. The number of fused-ring (bicyclic) bond motifs is 4. The third-order valence-corrected chi connectivity index (χ3v) is 7.68. The predicted molar refractivity (Wildman–Crippen MR) is 125 cm³/mol. The molecule has 0 radical (unpaired) electrons. The Bertz CT molecular complexity index is 1110. The van der Waals surface area contributed by atoms with Crippen LogP contribution in [-0.2, 0) is 4.74 Å². The van der Waals surface area contributed by atoms with Crippen molar-refractivity contribution in [1.29, 1.82) is 0 Å². The van der Waals surface area contributed by atoms with Crippen molar-refractivity contribution in [2.75, 3.05) is 24.6 Å². The van der Waals surface area contributed by atoms with Crippen LogP contribution in [0.15, 0.2) is 60.7 Å². The van der Waals surface area contributed by atoms with Crippen LogP contribution in [0.1, 0.15) is 56.5 Å². The van der Waals surface area contributed by atoms with Crippen molar-refractivity contribution in [3.63, 3.8) is 0 Å². The molecular weight excluding hydrogens is 422 g/mol. The van der Waals surface area contributed by atoms with Crippen LogP contribution in [0.5, 0.6) is 0 Å². The minimum Gasteiger partial charge on any atom is -0.454 e. The molecule has 0 fully saturated rings. The maximum absolute atomic E-state index is 13.0. The van der Waals surface area contributed by atoms with E-state index in [0.717, 1.165) is 25.9 Å². The third-order valence-electron chi connectivity index (χ3n) is 7.43. The number of esters is 1. The summed E-state index contributed by atoms with van der Waals surface area (Å²) < 4.78 is 5.46. The molecule has 2 aromatic carbocycles. The van der Waals surface area contributed by atoms with Crippen molar-refractivity contribution in [2.24, 2.45) is 11.8 Å². The van der Waals surface area contributed by atoms with Crippen LogP contribution in [0, 0.1) is 11.8 Å². The molecule has 0 spiro atoms. The van der Waals surface area contributed by atoms with Gasteiger partial charge in [-0.2, -0.15) is 0 Å². The first-order valence-electron chi connectivity index (χ1n) is 11.3. The van der Waals surface area contributed by atoms with Gasteiger partial charge in [-0.3, -0.25) is 4.79 Å². The number of hydrogen-bond acceptors (Lipinski definition) is 4. The van der Waals surface area contributed by atoms with Gasteiger partial charge in [0, 0.05) is 41.2 Å². The number of ketones is 1. The third kappa shape index (κ3) is 3.20. The standard InChI is InChI=1S/C27H24ClNO3/c28-20-9-7-16(8-10-20)25(30)15-32-27(31)19-11-23-21-5-1-3-17(21)13-29-14-18-4-2-6-22(18)24(12-19)26(23)29/h1-2,5-12,17-18,21-22H,3-4,13-15H2/t17-,18-,21+,22+/m1/s1. The Morgan fingerprint density at radius 1 is 0.906 bits per heavy atom. The molecule has 0 unspecified atom stereocenters. The normalized spacial score (nSPS) is 26.5. The molecule has 0 saturated heterocycles. The van der Waals surface area contributed by atoms with Crippen molar-refractivity contribution in [1.82, 2.24) is 0 Å². The summed E-state index contributed by atoms with van der Waals surface area (Å²) in [5.74, 6) is 1.16. The van der Waals surface area contributed by atoms with E-state index in [1.165, 1.54) is 16.8 Å². The number of Topliss-reactive ketones (excluding diaryl/α,β-unsaturated/α-hetero) is 1. The van der Waals surface area contributed by atoms with Gasteiger partial charge in [0.15, 0.2) is 12.4 Å². The Morgan fingerprint density at radius 2 is 1.50 bits per heavy atom. The highest BCUT2D eigenvalue weighted by Crippen LogP contribution is 2.53. The summed E-state index contributed by atoms with van der Waals surface area (Å²) in [6.45, 7) is 1.89. The predicted octanol–water partition coefficient (Wildman–Crippen LogP) is 5.53. The molecule has 2 aliphatic heterocycles. The summed E-state index contributed by atoms with van der Waals surface area (Å²) in [6, 6.07) is 10.6. The topological polar surface area (TPSA) is 46.6 Å². The van der Waals surface area contributed by atoms with E-state index < -0.39 is 5.97 Å². The van der Waals surface area contributed by atoms with Gasteiger partial charge in [-0.1, -0.05) is 35.9 Å². The maximum Gasteiger partial charge on any atom is 0.338 e. The van der Waals surface area contributed by atoms with Crippen LogP contribution in [0.3, 0.4) is 0 Å². The molecule has 0 N–H and O–H groups in total. The fourth-order valence-corrected chi connectivity index (χ4v) is 6.05. The number of anilines is 1. The number of allylic oxidation sites excluding steroid dienone is 4. The van der Waals surface area contributed by atoms with E-state index >= 15 is 0 Å². The molecule has 5 heteroatoms. The second-order valence-corrected chi connectivity index (χ2v) is 9.75. The van der Waals surface area contributed by atoms with Gasteiger partial charge in [0.05, 0.1) is 5.56 Å². The highest BCUT2D eigenvalue weighted by Gasteiger charge is 2.42. The van der Waals surface area contributed by atoms with Gasteiger partial charge in [-0.15, -0.1) is 0 Å². The number of nitrogens with zero attached hydrogens (tertiary/aromatic N) is 1. The van der Waals surface area contributed by atoms with Crippen LogP contribution in [0.25, 0.3) is 0 Å². The summed E-state index contributed by atoms with van der Waals surface area (Å²) in [5.41, 5.74) is 4.82. The van der Waals surface area contributed by atoms with Crippen LogP contribution in [0.2, 0.25) is 5.02 Å². The molecule has 6 rings (SSSR count). The van der Waals surface area contributed by atoms with Gasteiger partial charge >= 0.3 is 5.97 Å². The molecule has 0 aromatic heterocycles. The SMILES string of the molecule is O=C(COC(=O)c1cc2c3c(c1)[C@H]1C=CC[C@@H]1CN3C[C@H]1CC=C[C@H]21)c1ccc(Cl)cc1. The fraction of sp³-hybridized carbons (Fsp3) is 0.333. The van der Waals surface area contributed by atoms with Crippen molar-refractivity contribution < 1.29 is 14.3 Å². The van der Waals surface area contributed by atoms with Gasteiger partial charge in [0.25, 0.3) is 0 Å². The minimum absolute atomic E-state index is 0.238. The lowest BCUT2D eigenvalue weighted by molar-refractivity contribution is 0.0474. The quantitative estimate of drug-likeness (QED) is 0.352. The molecule has 0 amide bonds. The summed E-state index contributed by atoms with van der Waals surface area (Å²) in [7, 11) is 0. The molecule has 4 nitrogen and oxygen atoms in total. The second-order valence-electron chi connectivity index (χ2n) is 9.31. The summed E-state index contributed by atoms with van der Waals surface area (Å²) in [5, 5.41) is 0.564. The van der Waals surface area contributed by atoms with Crippen molar-refractivity contribution in [2.45, 2.75) is 24.7 Å². The van der Waals surface area contributed by atoms with E-state index in [4.69, 9.17) is 16.3 Å². The summed E-state index contributed by atoms with van der Waals surface area (Å²) in [6.07, 6.45) is 11.3. The van der Waals surface area contributed by atoms with E-state index in [9.17, 15) is 9.59 Å². The van der Waals surface area contributed by atoms with Crippen LogP contribution >= 0.6 is 11.6 Å². The highest BCUT2D eigenvalue weighted by molar-refractivity contribution is 6.30. The van der Waals surface area contributed by atoms with E-state index in [-0.39, 0.29) is 12.4 Å². The van der Waals surface area contributed by atoms with E-state index in [0.29, 0.717) is 39.8 Å². The fourth-order valence-electron chi connectivity index (χ4n) is 5.93. The number of benzene rings is 2. The van der Waals surface area contributed by atoms with Gasteiger partial charge in [0.2, 0.25) is 0 Å². The largest absolute Gasteiger partial charge is 0.454 e. The van der Waals surface area contributed by atoms with E-state index in [1.54, 1.807) is 24.3 Å². The van der Waals surface area contributed by atoms with Crippen molar-refractivity contribution in [3.05, 3.63) is 88.0 Å². The monoisotopic (exact) mass is 445 g/mol. The molecule has 32 heavy (non-hydrogen) atoms. The smallest absolute Gasteiger partial charge is 0.338 e. The first kappa shape index (κ1) is 19.8. The van der Waals surface area contributed by atoms with E-state index in [2.05, 4.69) is 29.2 Å². The number of rotatable bonds is 4. The zero-order valence-corrected chi connectivity index (χ0v) is 18.4. The Hall–Kier alpha value is -2.85. The summed E-state index contributed by atoms with van der Waals surface area (Å²) in [4.78, 5) is 28.0. The lowest BCUT2D eigenvalue weighted by atomic mass is 9.74. The first-order chi connectivity index (χ1) is 15.6. The van der Waals surface area contributed by atoms with Crippen molar-refractivity contribution in [3.8, 4) is 0 Å². The number of ether oxygens (including phenoxy) is 1. The highest BCUT2D eigenvalue weighted by atomic mass is 35.5. The van der Waals surface area contributed by atoms with E-state index in [1.807, 2.05) is 12.1 Å². The van der Waals surface area contributed by atoms with Crippen LogP contribution in [-0.4, -0.2) is 31.4 Å². The Morgan fingerprint density at radius 3 is 2.09 bits per heavy atom. The Labute approximate surface area is 192 Å². The first-order valence-corrected chi connectivity index (χ1v) is 11.7. The second kappa shape index (κ2) is 7.63. The van der Waals surface area contributed by atoms with Gasteiger partial charge in [-0.05, 0) is 72.2 Å². The molecular formula is C27H24ClNO3. The number of carbonyl (C=O) groups excluding carboxylic acids is 2. The number of hydrogen-bond donors (Lipinski definition) is 0. The lowest BCUT2D eigenvalue weighted by Gasteiger charge is -2.46. The average molecular weight is 446 g/mol. The maximum atomic E-state index is 13.0. The molecule has 4 aliphatic rings. The zero-order valence-electron chi connectivity index (χ0n) is 17.7. The van der Waals surface area contributed by atoms with Crippen LogP contribution < -0.4 is 4.90 Å². The van der Waals surface area contributed by atoms with Gasteiger partial charge < -0.3 is 9.64 Å². The molecule has 2 aliphatic carbocycles. The molecule has 162 valence electrons. The summed E-state index contributed by atoms with van der Waals surface area (Å²) >= 11 is 5.89. The Balaban J connectivity index is 1.31. The van der Waals surface area contributed by atoms with Gasteiger partial charge in [0.1, 0.15) is 0 Å². The Kier molecular flexibility index (Phi) is 4.72. The van der Waals surface area contributed by atoms with Gasteiger partial charge in [-0.25, -0.2) is 4.79 Å². The van der Waals surface area contributed by atoms with Crippen LogP contribution in [0.4, 0.5) is 5.69 Å². The minimum atomic E-state index is -0.439. The zero-order chi connectivity index (χ0) is 21.8. The molecule has 0 saturated carbocycles. The van der Waals surface area contributed by atoms with Crippen molar-refractivity contribution >= 4 is 29.0 Å².